The Hall–Kier alpha value is -2.30. The van der Waals surface area contributed by atoms with Gasteiger partial charge in [0.05, 0.1) is 6.26 Å². The highest BCUT2D eigenvalue weighted by Gasteiger charge is 2.43. The first-order valence-corrected chi connectivity index (χ1v) is 5.21. The largest absolute Gasteiger partial charge is 0.464 e. The summed E-state index contributed by atoms with van der Waals surface area (Å²) in [6.45, 7) is 1.68. The number of carbonyl (C=O) groups is 2. The zero-order valence-corrected chi connectivity index (χ0v) is 9.11. The molecular weight excluding hydrogens is 220 g/mol. The van der Waals surface area contributed by atoms with Crippen LogP contribution in [0.3, 0.4) is 0 Å². The fourth-order valence-corrected chi connectivity index (χ4v) is 2.02. The minimum atomic E-state index is -1.01. The summed E-state index contributed by atoms with van der Waals surface area (Å²) < 4.78 is 5.23. The fraction of sp³-hybridized carbons (Fsp3) is 0.167. The molecule has 86 valence electrons. The van der Waals surface area contributed by atoms with Crippen LogP contribution in [0.5, 0.6) is 0 Å². The normalized spacial score (nSPS) is 23.8. The predicted molar refractivity (Wildman–Crippen MR) is 60.2 cm³/mol. The predicted octanol–water partition coefficient (Wildman–Crippen LogP) is 1.49. The molecule has 2 heterocycles. The number of urea groups is 1. The molecule has 1 aliphatic rings. The Morgan fingerprint density at radius 3 is 2.76 bits per heavy atom. The number of nitrogens with one attached hydrogen (secondary N) is 2. The first-order chi connectivity index (χ1) is 8.09. The summed E-state index contributed by atoms with van der Waals surface area (Å²) >= 11 is 0. The van der Waals surface area contributed by atoms with Crippen LogP contribution in [0, 0.1) is 0 Å². The first-order valence-electron chi connectivity index (χ1n) is 5.21. The SMILES string of the molecule is CC1(c2ccc3occc3c2)NC(=O)NC1=O. The van der Waals surface area contributed by atoms with Crippen LogP contribution in [0.25, 0.3) is 11.0 Å². The third kappa shape index (κ3) is 1.32. The molecule has 0 aliphatic carbocycles. The molecule has 5 nitrogen and oxygen atoms in total. The van der Waals surface area contributed by atoms with E-state index in [1.54, 1.807) is 25.3 Å². The molecule has 3 amide bonds. The Morgan fingerprint density at radius 1 is 1.24 bits per heavy atom. The van der Waals surface area contributed by atoms with Gasteiger partial charge in [-0.15, -0.1) is 0 Å². The lowest BCUT2D eigenvalue weighted by atomic mass is 9.91. The number of imide groups is 1. The molecule has 1 atom stereocenters. The molecule has 1 unspecified atom stereocenters. The first kappa shape index (κ1) is 9.89. The third-order valence-corrected chi connectivity index (χ3v) is 3.07. The van der Waals surface area contributed by atoms with E-state index in [9.17, 15) is 9.59 Å². The van der Waals surface area contributed by atoms with Crippen molar-refractivity contribution in [3.63, 3.8) is 0 Å². The minimum Gasteiger partial charge on any atom is -0.464 e. The van der Waals surface area contributed by atoms with Crippen molar-refractivity contribution in [3.8, 4) is 0 Å². The number of carbonyl (C=O) groups excluding carboxylic acids is 2. The molecule has 0 radical (unpaired) electrons. The number of hydrogen-bond acceptors (Lipinski definition) is 3. The molecule has 17 heavy (non-hydrogen) atoms. The number of benzene rings is 1. The van der Waals surface area contributed by atoms with Crippen LogP contribution in [0.2, 0.25) is 0 Å². The van der Waals surface area contributed by atoms with Gasteiger partial charge in [-0.05, 0) is 30.7 Å². The average Bonchev–Trinajstić information content (AvgIpc) is 2.83. The molecule has 3 rings (SSSR count). The Bertz CT molecular complexity index is 631. The van der Waals surface area contributed by atoms with Crippen LogP contribution >= 0.6 is 0 Å². The quantitative estimate of drug-likeness (QED) is 0.729. The number of fused-ring (bicyclic) bond motifs is 1. The summed E-state index contributed by atoms with van der Waals surface area (Å²) in [6.07, 6.45) is 1.59. The second kappa shape index (κ2) is 3.10. The zero-order chi connectivity index (χ0) is 12.0. The molecule has 5 heteroatoms. The van der Waals surface area contributed by atoms with Gasteiger partial charge in [0, 0.05) is 5.39 Å². The van der Waals surface area contributed by atoms with Crippen molar-refractivity contribution in [3.05, 3.63) is 36.1 Å². The van der Waals surface area contributed by atoms with Crippen molar-refractivity contribution >= 4 is 22.9 Å². The van der Waals surface area contributed by atoms with Crippen LogP contribution in [0.1, 0.15) is 12.5 Å². The van der Waals surface area contributed by atoms with Crippen molar-refractivity contribution < 1.29 is 14.0 Å². The lowest BCUT2D eigenvalue weighted by molar-refractivity contribution is -0.123. The van der Waals surface area contributed by atoms with Crippen molar-refractivity contribution in [1.82, 2.24) is 10.6 Å². The molecule has 1 aliphatic heterocycles. The monoisotopic (exact) mass is 230 g/mol. The molecule has 2 N–H and O–H groups in total. The van der Waals surface area contributed by atoms with Gasteiger partial charge in [-0.3, -0.25) is 10.1 Å². The van der Waals surface area contributed by atoms with Crippen LogP contribution in [0.4, 0.5) is 4.79 Å². The molecule has 2 aromatic rings. The second-order valence-electron chi connectivity index (χ2n) is 4.21. The highest BCUT2D eigenvalue weighted by molar-refractivity contribution is 6.07. The van der Waals surface area contributed by atoms with Gasteiger partial charge in [0.2, 0.25) is 0 Å². The van der Waals surface area contributed by atoms with E-state index in [1.807, 2.05) is 12.1 Å². The summed E-state index contributed by atoms with van der Waals surface area (Å²) in [5, 5.41) is 5.76. The van der Waals surface area contributed by atoms with E-state index in [-0.39, 0.29) is 5.91 Å². The lowest BCUT2D eigenvalue weighted by Gasteiger charge is -2.20. The second-order valence-corrected chi connectivity index (χ2v) is 4.21. The summed E-state index contributed by atoms with van der Waals surface area (Å²) in [5.41, 5.74) is 0.472. The number of furan rings is 1. The fourth-order valence-electron chi connectivity index (χ4n) is 2.02. The summed E-state index contributed by atoms with van der Waals surface area (Å²) in [6, 6.07) is 6.75. The van der Waals surface area contributed by atoms with E-state index in [4.69, 9.17) is 4.42 Å². The van der Waals surface area contributed by atoms with Gasteiger partial charge in [0.15, 0.2) is 0 Å². The molecule has 0 bridgehead atoms. The van der Waals surface area contributed by atoms with Gasteiger partial charge in [-0.1, -0.05) is 6.07 Å². The number of amides is 3. The highest BCUT2D eigenvalue weighted by atomic mass is 16.3. The summed E-state index contributed by atoms with van der Waals surface area (Å²) in [7, 11) is 0. The molecule has 1 aromatic carbocycles. The van der Waals surface area contributed by atoms with Gasteiger partial charge >= 0.3 is 6.03 Å². The van der Waals surface area contributed by atoms with Gasteiger partial charge in [-0.25, -0.2) is 4.79 Å². The maximum absolute atomic E-state index is 11.8. The van der Waals surface area contributed by atoms with Crippen molar-refractivity contribution in [1.29, 1.82) is 0 Å². The Balaban J connectivity index is 2.14. The lowest BCUT2D eigenvalue weighted by Crippen LogP contribution is -2.40. The third-order valence-electron chi connectivity index (χ3n) is 3.07. The van der Waals surface area contributed by atoms with Crippen LogP contribution in [-0.4, -0.2) is 11.9 Å². The molecule has 1 saturated heterocycles. The number of rotatable bonds is 1. The van der Waals surface area contributed by atoms with E-state index in [1.165, 1.54) is 0 Å². The number of hydrogen-bond donors (Lipinski definition) is 2. The van der Waals surface area contributed by atoms with Gasteiger partial charge in [0.25, 0.3) is 5.91 Å². The van der Waals surface area contributed by atoms with Crippen molar-refractivity contribution in [2.75, 3.05) is 0 Å². The molecule has 0 spiro atoms. The minimum absolute atomic E-state index is 0.342. The van der Waals surface area contributed by atoms with Crippen LogP contribution in [0.15, 0.2) is 34.9 Å². The van der Waals surface area contributed by atoms with Gasteiger partial charge in [0.1, 0.15) is 11.1 Å². The summed E-state index contributed by atoms with van der Waals surface area (Å²) in [4.78, 5) is 23.0. The van der Waals surface area contributed by atoms with Crippen molar-refractivity contribution in [2.45, 2.75) is 12.5 Å². The van der Waals surface area contributed by atoms with E-state index in [0.29, 0.717) is 0 Å². The Morgan fingerprint density at radius 2 is 2.06 bits per heavy atom. The van der Waals surface area contributed by atoms with E-state index < -0.39 is 11.6 Å². The van der Waals surface area contributed by atoms with Crippen molar-refractivity contribution in [2.24, 2.45) is 0 Å². The average molecular weight is 230 g/mol. The van der Waals surface area contributed by atoms with E-state index in [2.05, 4.69) is 10.6 Å². The molecule has 1 aromatic heterocycles. The van der Waals surface area contributed by atoms with Crippen LogP contribution < -0.4 is 10.6 Å². The van der Waals surface area contributed by atoms with Crippen LogP contribution in [-0.2, 0) is 10.3 Å². The van der Waals surface area contributed by atoms with E-state index in [0.717, 1.165) is 16.5 Å². The maximum Gasteiger partial charge on any atom is 0.322 e. The smallest absolute Gasteiger partial charge is 0.322 e. The topological polar surface area (TPSA) is 71.3 Å². The standard InChI is InChI=1S/C12H10N2O3/c1-12(10(15)13-11(16)14-12)8-2-3-9-7(6-8)4-5-17-9/h2-6H,1H3,(H2,13,14,15,16). The molecule has 0 saturated carbocycles. The maximum atomic E-state index is 11.8. The highest BCUT2D eigenvalue weighted by Crippen LogP contribution is 2.27. The summed E-state index contributed by atoms with van der Waals surface area (Å²) in [5.74, 6) is -0.342. The zero-order valence-electron chi connectivity index (χ0n) is 9.11. The van der Waals surface area contributed by atoms with E-state index >= 15 is 0 Å². The molecule has 1 fully saturated rings. The Labute approximate surface area is 96.8 Å². The van der Waals surface area contributed by atoms with Gasteiger partial charge in [-0.2, -0.15) is 0 Å². The Kier molecular flexibility index (Phi) is 1.80. The molecular formula is C12H10N2O3. The van der Waals surface area contributed by atoms with Gasteiger partial charge < -0.3 is 9.73 Å².